The molecule has 3 heteroatoms. The fraction of sp³-hybridized carbons (Fsp3) is 0.273. The predicted octanol–water partition coefficient (Wildman–Crippen LogP) is 1.92. The third-order valence-corrected chi connectivity index (χ3v) is 1.84. The number of terminal acetylenes is 1. The summed E-state index contributed by atoms with van der Waals surface area (Å²) in [5.74, 6) is 2.00. The van der Waals surface area contributed by atoms with Gasteiger partial charge in [0, 0.05) is 11.3 Å². The quantitative estimate of drug-likeness (QED) is 0.719. The van der Waals surface area contributed by atoms with Crippen LogP contribution in [0.3, 0.4) is 0 Å². The van der Waals surface area contributed by atoms with Crippen LogP contribution in [-0.4, -0.2) is 11.7 Å². The van der Waals surface area contributed by atoms with Crippen molar-refractivity contribution in [3.8, 4) is 12.3 Å². The lowest BCUT2D eigenvalue weighted by Crippen LogP contribution is -2.01. The molecule has 0 aliphatic carbocycles. The molecule has 1 aromatic rings. The first kappa shape index (κ1) is 10.6. The molecule has 0 spiro atoms. The van der Waals surface area contributed by atoms with Crippen LogP contribution in [0, 0.1) is 18.2 Å². The molecule has 0 aliphatic heterocycles. The first-order valence-electron chi connectivity index (χ1n) is 4.30. The summed E-state index contributed by atoms with van der Waals surface area (Å²) in [7, 11) is 0. The molecule has 14 heavy (non-hydrogen) atoms. The van der Waals surface area contributed by atoms with Crippen LogP contribution in [-0.2, 0) is 0 Å². The van der Waals surface area contributed by atoms with Crippen LogP contribution in [0.2, 0.25) is 0 Å². The van der Waals surface area contributed by atoms with Gasteiger partial charge in [0.1, 0.15) is 5.82 Å². The molecular weight excluding hydrogens is 181 g/mol. The van der Waals surface area contributed by atoms with E-state index in [0.29, 0.717) is 12.2 Å². The fourth-order valence-electron chi connectivity index (χ4n) is 1.13. The third-order valence-electron chi connectivity index (χ3n) is 1.84. The molecule has 0 aromatic heterocycles. The van der Waals surface area contributed by atoms with Crippen LogP contribution >= 0.6 is 0 Å². The summed E-state index contributed by atoms with van der Waals surface area (Å²) in [5.41, 5.74) is 0.979. The Morgan fingerprint density at radius 1 is 1.64 bits per heavy atom. The Morgan fingerprint density at radius 3 is 2.93 bits per heavy atom. The van der Waals surface area contributed by atoms with Crippen molar-refractivity contribution in [2.45, 2.75) is 13.0 Å². The van der Waals surface area contributed by atoms with E-state index in [4.69, 9.17) is 6.42 Å². The molecule has 2 N–H and O–H groups in total. The molecule has 0 radical (unpaired) electrons. The van der Waals surface area contributed by atoms with Gasteiger partial charge in [0.05, 0.1) is 12.6 Å². The molecule has 0 heterocycles. The van der Waals surface area contributed by atoms with Crippen LogP contribution in [0.4, 0.5) is 10.1 Å². The lowest BCUT2D eigenvalue weighted by Gasteiger charge is -2.09. The lowest BCUT2D eigenvalue weighted by molar-refractivity contribution is 0.194. The van der Waals surface area contributed by atoms with Crippen LogP contribution in [0.25, 0.3) is 0 Å². The van der Waals surface area contributed by atoms with Crippen LogP contribution in [0.15, 0.2) is 18.2 Å². The zero-order chi connectivity index (χ0) is 10.6. The molecule has 0 amide bonds. The van der Waals surface area contributed by atoms with E-state index in [0.717, 1.165) is 0 Å². The number of hydrogen-bond acceptors (Lipinski definition) is 2. The Balaban J connectivity index is 2.90. The Labute approximate surface area is 82.8 Å². The zero-order valence-electron chi connectivity index (χ0n) is 7.92. The molecule has 0 saturated carbocycles. The van der Waals surface area contributed by atoms with Gasteiger partial charge in [-0.2, -0.15) is 0 Å². The van der Waals surface area contributed by atoms with Crippen LogP contribution < -0.4 is 5.32 Å². The summed E-state index contributed by atoms with van der Waals surface area (Å²) >= 11 is 0. The van der Waals surface area contributed by atoms with E-state index in [1.807, 2.05) is 0 Å². The molecule has 1 unspecified atom stereocenters. The van der Waals surface area contributed by atoms with Crippen LogP contribution in [0.1, 0.15) is 18.6 Å². The summed E-state index contributed by atoms with van der Waals surface area (Å²) in [6.45, 7) is 1.90. The van der Waals surface area contributed by atoms with Crippen molar-refractivity contribution in [2.24, 2.45) is 0 Å². The van der Waals surface area contributed by atoms with Crippen molar-refractivity contribution in [3.05, 3.63) is 29.6 Å². The van der Waals surface area contributed by atoms with E-state index in [2.05, 4.69) is 11.2 Å². The molecule has 0 fully saturated rings. The number of nitrogens with one attached hydrogen (secondary N) is 1. The number of anilines is 1. The average Bonchev–Trinajstić information content (AvgIpc) is 2.16. The van der Waals surface area contributed by atoms with E-state index in [1.54, 1.807) is 12.1 Å². The summed E-state index contributed by atoms with van der Waals surface area (Å²) in [6, 6.07) is 4.44. The lowest BCUT2D eigenvalue weighted by atomic mass is 10.1. The number of aliphatic hydroxyl groups excluding tert-OH is 1. The maximum absolute atomic E-state index is 13.1. The van der Waals surface area contributed by atoms with Crippen molar-refractivity contribution in [1.29, 1.82) is 0 Å². The summed E-state index contributed by atoms with van der Waals surface area (Å²) < 4.78 is 13.1. The average molecular weight is 193 g/mol. The minimum absolute atomic E-state index is 0.270. The standard InChI is InChI=1S/C11H12FNO/c1-3-6-13-9-4-5-11(12)10(7-9)8(2)14/h1,4-5,7-8,13-14H,6H2,2H3. The minimum atomic E-state index is -0.817. The Hall–Kier alpha value is -1.53. The highest BCUT2D eigenvalue weighted by Gasteiger charge is 2.08. The van der Waals surface area contributed by atoms with Gasteiger partial charge in [-0.1, -0.05) is 5.92 Å². The van der Waals surface area contributed by atoms with Gasteiger partial charge in [-0.25, -0.2) is 4.39 Å². The first-order valence-corrected chi connectivity index (χ1v) is 4.30. The molecule has 74 valence electrons. The second-order valence-electron chi connectivity index (χ2n) is 2.97. The SMILES string of the molecule is C#CCNc1ccc(F)c(C(C)O)c1. The monoisotopic (exact) mass is 193 g/mol. The van der Waals surface area contributed by atoms with Crippen molar-refractivity contribution in [2.75, 3.05) is 11.9 Å². The maximum Gasteiger partial charge on any atom is 0.129 e. The molecule has 2 nitrogen and oxygen atoms in total. The predicted molar refractivity (Wildman–Crippen MR) is 54.4 cm³/mol. The van der Waals surface area contributed by atoms with E-state index in [9.17, 15) is 9.50 Å². The number of rotatable bonds is 3. The van der Waals surface area contributed by atoms with Gasteiger partial charge in [0.2, 0.25) is 0 Å². The number of hydrogen-bond donors (Lipinski definition) is 2. The Morgan fingerprint density at radius 2 is 2.36 bits per heavy atom. The van der Waals surface area contributed by atoms with E-state index in [-0.39, 0.29) is 5.56 Å². The maximum atomic E-state index is 13.1. The Bertz CT molecular complexity index is 355. The minimum Gasteiger partial charge on any atom is -0.389 e. The molecule has 1 aromatic carbocycles. The molecule has 0 aliphatic rings. The molecule has 0 bridgehead atoms. The summed E-state index contributed by atoms with van der Waals surface area (Å²) in [4.78, 5) is 0. The van der Waals surface area contributed by atoms with Crippen LogP contribution in [0.5, 0.6) is 0 Å². The largest absolute Gasteiger partial charge is 0.389 e. The third kappa shape index (κ3) is 2.48. The fourth-order valence-corrected chi connectivity index (χ4v) is 1.13. The van der Waals surface area contributed by atoms with Gasteiger partial charge in [-0.05, 0) is 25.1 Å². The summed E-state index contributed by atoms with van der Waals surface area (Å²) in [5, 5.41) is 12.1. The second kappa shape index (κ2) is 4.64. The second-order valence-corrected chi connectivity index (χ2v) is 2.97. The Kier molecular flexibility index (Phi) is 3.49. The molecule has 1 rings (SSSR count). The van der Waals surface area contributed by atoms with E-state index >= 15 is 0 Å². The van der Waals surface area contributed by atoms with E-state index < -0.39 is 11.9 Å². The zero-order valence-corrected chi connectivity index (χ0v) is 7.92. The molecule has 1 atom stereocenters. The highest BCUT2D eigenvalue weighted by Crippen LogP contribution is 2.20. The highest BCUT2D eigenvalue weighted by atomic mass is 19.1. The van der Waals surface area contributed by atoms with Crippen molar-refractivity contribution >= 4 is 5.69 Å². The molecule has 0 saturated heterocycles. The van der Waals surface area contributed by atoms with Gasteiger partial charge in [0.25, 0.3) is 0 Å². The highest BCUT2D eigenvalue weighted by molar-refractivity contribution is 5.47. The van der Waals surface area contributed by atoms with Crippen molar-refractivity contribution in [1.82, 2.24) is 0 Å². The summed E-state index contributed by atoms with van der Waals surface area (Å²) in [6.07, 6.45) is 4.25. The normalized spacial score (nSPS) is 11.9. The van der Waals surface area contributed by atoms with Crippen molar-refractivity contribution in [3.63, 3.8) is 0 Å². The molecular formula is C11H12FNO. The van der Waals surface area contributed by atoms with Crippen molar-refractivity contribution < 1.29 is 9.50 Å². The first-order chi connectivity index (χ1) is 6.65. The topological polar surface area (TPSA) is 32.3 Å². The van der Waals surface area contributed by atoms with Gasteiger partial charge < -0.3 is 10.4 Å². The number of benzene rings is 1. The number of halogens is 1. The van der Waals surface area contributed by atoms with Gasteiger partial charge in [0.15, 0.2) is 0 Å². The van der Waals surface area contributed by atoms with Gasteiger partial charge in [-0.15, -0.1) is 6.42 Å². The van der Waals surface area contributed by atoms with E-state index in [1.165, 1.54) is 13.0 Å². The smallest absolute Gasteiger partial charge is 0.129 e. The van der Waals surface area contributed by atoms with Gasteiger partial charge >= 0.3 is 0 Å². The van der Waals surface area contributed by atoms with Gasteiger partial charge in [-0.3, -0.25) is 0 Å². The number of aliphatic hydroxyl groups is 1.